The Labute approximate surface area is 169 Å². The third kappa shape index (κ3) is 3.26. The van der Waals surface area contributed by atoms with Crippen LogP contribution in [0.3, 0.4) is 0 Å². The summed E-state index contributed by atoms with van der Waals surface area (Å²) in [7, 11) is 0. The molecule has 0 spiro atoms. The summed E-state index contributed by atoms with van der Waals surface area (Å²) < 4.78 is 15.7. The fourth-order valence-electron chi connectivity index (χ4n) is 3.26. The van der Waals surface area contributed by atoms with E-state index < -0.39 is 17.4 Å². The van der Waals surface area contributed by atoms with Crippen LogP contribution in [-0.2, 0) is 6.54 Å². The van der Waals surface area contributed by atoms with Crippen LogP contribution in [0.25, 0.3) is 16.9 Å². The van der Waals surface area contributed by atoms with Crippen molar-refractivity contribution >= 4 is 22.9 Å². The van der Waals surface area contributed by atoms with E-state index in [0.717, 1.165) is 4.57 Å². The molecule has 0 saturated carbocycles. The number of imidazole rings is 1. The highest BCUT2D eigenvalue weighted by Gasteiger charge is 2.24. The molecule has 0 aliphatic carbocycles. The molecular formula is C21H16FN5O3. The van der Waals surface area contributed by atoms with Gasteiger partial charge in [-0.2, -0.15) is 0 Å². The molecular weight excluding hydrogens is 389 g/mol. The second-order valence-corrected chi connectivity index (χ2v) is 6.63. The number of Topliss-reactive ketones (excluding diaryl/α,β-unsaturated/α-hetero) is 1. The zero-order chi connectivity index (χ0) is 21.4. The van der Waals surface area contributed by atoms with E-state index in [1.54, 1.807) is 37.3 Å². The molecule has 2 aromatic carbocycles. The van der Waals surface area contributed by atoms with Crippen molar-refractivity contribution in [1.29, 1.82) is 0 Å². The lowest BCUT2D eigenvalue weighted by Crippen LogP contribution is -2.27. The number of nitrogens with zero attached hydrogens (tertiary/aromatic N) is 4. The standard InChI is InChI=1S/C21H16FN5O3/c1-12-24-17(19(23)29)18-20(25-12)27(15-9-7-14(22)8-10-15)21(30)26(18)11-16(28)13-5-3-2-4-6-13/h2-10H,11H2,1H3,(H2,23,29). The SMILES string of the molecule is Cc1nc(C(N)=O)c2c(n1)n(-c1ccc(F)cc1)c(=O)n2CC(=O)c1ccccc1. The third-order valence-corrected chi connectivity index (χ3v) is 4.60. The van der Waals surface area contributed by atoms with Crippen molar-refractivity contribution in [3.8, 4) is 5.69 Å². The van der Waals surface area contributed by atoms with Crippen LogP contribution >= 0.6 is 0 Å². The molecule has 2 N–H and O–H groups in total. The van der Waals surface area contributed by atoms with Gasteiger partial charge in [0.15, 0.2) is 17.1 Å². The molecule has 4 aromatic rings. The smallest absolute Gasteiger partial charge is 0.335 e. The Bertz CT molecular complexity index is 1340. The number of fused-ring (bicyclic) bond motifs is 1. The van der Waals surface area contributed by atoms with Crippen LogP contribution in [0.1, 0.15) is 26.7 Å². The van der Waals surface area contributed by atoms with Gasteiger partial charge in [0.05, 0.1) is 12.2 Å². The number of amides is 1. The van der Waals surface area contributed by atoms with Gasteiger partial charge in [-0.1, -0.05) is 30.3 Å². The normalized spacial score (nSPS) is 11.0. The Morgan fingerprint density at radius 1 is 1.03 bits per heavy atom. The van der Waals surface area contributed by atoms with Gasteiger partial charge in [0.2, 0.25) is 0 Å². The Kier molecular flexibility index (Phi) is 4.71. The van der Waals surface area contributed by atoms with Crippen molar-refractivity contribution < 1.29 is 14.0 Å². The van der Waals surface area contributed by atoms with Crippen LogP contribution in [0.4, 0.5) is 4.39 Å². The minimum Gasteiger partial charge on any atom is -0.364 e. The van der Waals surface area contributed by atoms with Crippen LogP contribution in [-0.4, -0.2) is 30.8 Å². The number of halogens is 1. The fraction of sp³-hybridized carbons (Fsp3) is 0.0952. The van der Waals surface area contributed by atoms with Gasteiger partial charge in [-0.15, -0.1) is 0 Å². The maximum Gasteiger partial charge on any atom is 0.335 e. The number of aryl methyl sites for hydroxylation is 1. The molecule has 2 aromatic heterocycles. The van der Waals surface area contributed by atoms with Crippen molar-refractivity contribution in [2.75, 3.05) is 0 Å². The molecule has 4 rings (SSSR count). The molecule has 1 amide bonds. The molecule has 2 heterocycles. The van der Waals surface area contributed by atoms with E-state index in [4.69, 9.17) is 5.73 Å². The summed E-state index contributed by atoms with van der Waals surface area (Å²) in [6.45, 7) is 1.21. The lowest BCUT2D eigenvalue weighted by molar-refractivity contribution is 0.0966. The monoisotopic (exact) mass is 405 g/mol. The van der Waals surface area contributed by atoms with E-state index in [-0.39, 0.29) is 35.0 Å². The number of hydrogen-bond acceptors (Lipinski definition) is 5. The van der Waals surface area contributed by atoms with Crippen LogP contribution in [0.5, 0.6) is 0 Å². The lowest BCUT2D eigenvalue weighted by atomic mass is 10.1. The summed E-state index contributed by atoms with van der Waals surface area (Å²) in [5.74, 6) is -1.45. The van der Waals surface area contributed by atoms with Crippen molar-refractivity contribution in [1.82, 2.24) is 19.1 Å². The maximum absolute atomic E-state index is 13.4. The van der Waals surface area contributed by atoms with Crippen LogP contribution < -0.4 is 11.4 Å². The minimum atomic E-state index is -0.859. The quantitative estimate of drug-likeness (QED) is 0.511. The zero-order valence-electron chi connectivity index (χ0n) is 15.9. The van der Waals surface area contributed by atoms with Gasteiger partial charge in [-0.05, 0) is 31.2 Å². The maximum atomic E-state index is 13.4. The number of carbonyl (C=O) groups is 2. The number of benzene rings is 2. The summed E-state index contributed by atoms with van der Waals surface area (Å²) in [5.41, 5.74) is 5.58. The number of nitrogens with two attached hydrogens (primary N) is 1. The molecule has 0 fully saturated rings. The zero-order valence-corrected chi connectivity index (χ0v) is 15.9. The highest BCUT2D eigenvalue weighted by molar-refractivity contribution is 6.03. The van der Waals surface area contributed by atoms with Crippen LogP contribution in [0, 0.1) is 12.7 Å². The Hall–Kier alpha value is -4.14. The van der Waals surface area contributed by atoms with Crippen molar-refractivity contribution in [2.45, 2.75) is 13.5 Å². The lowest BCUT2D eigenvalue weighted by Gasteiger charge is -2.06. The van der Waals surface area contributed by atoms with Gasteiger partial charge in [-0.3, -0.25) is 14.2 Å². The van der Waals surface area contributed by atoms with Crippen molar-refractivity contribution in [3.05, 3.63) is 88.0 Å². The predicted molar refractivity (Wildman–Crippen MR) is 107 cm³/mol. The first-order chi connectivity index (χ1) is 14.4. The Morgan fingerprint density at radius 3 is 2.33 bits per heavy atom. The van der Waals surface area contributed by atoms with E-state index in [0.29, 0.717) is 11.3 Å². The fourth-order valence-corrected chi connectivity index (χ4v) is 3.26. The van der Waals surface area contributed by atoms with E-state index in [1.807, 2.05) is 0 Å². The molecule has 0 aliphatic heterocycles. The van der Waals surface area contributed by atoms with Crippen LogP contribution in [0.2, 0.25) is 0 Å². The second-order valence-electron chi connectivity index (χ2n) is 6.63. The van der Waals surface area contributed by atoms with Crippen LogP contribution in [0.15, 0.2) is 59.4 Å². The highest BCUT2D eigenvalue weighted by atomic mass is 19.1. The number of ketones is 1. The Balaban J connectivity index is 2.00. The van der Waals surface area contributed by atoms with Gasteiger partial charge >= 0.3 is 5.69 Å². The third-order valence-electron chi connectivity index (χ3n) is 4.60. The molecule has 30 heavy (non-hydrogen) atoms. The number of hydrogen-bond donors (Lipinski definition) is 1. The minimum absolute atomic E-state index is 0.0479. The largest absolute Gasteiger partial charge is 0.364 e. The number of rotatable bonds is 5. The summed E-state index contributed by atoms with van der Waals surface area (Å²) >= 11 is 0. The molecule has 0 unspecified atom stereocenters. The average Bonchev–Trinajstić information content (AvgIpc) is 3.00. The molecule has 9 heteroatoms. The van der Waals surface area contributed by atoms with Crippen molar-refractivity contribution in [3.63, 3.8) is 0 Å². The number of aromatic nitrogens is 4. The van der Waals surface area contributed by atoms with E-state index in [9.17, 15) is 18.8 Å². The highest BCUT2D eigenvalue weighted by Crippen LogP contribution is 2.20. The van der Waals surface area contributed by atoms with Gasteiger partial charge < -0.3 is 5.73 Å². The topological polar surface area (TPSA) is 113 Å². The van der Waals surface area contributed by atoms with E-state index in [2.05, 4.69) is 9.97 Å². The molecule has 0 bridgehead atoms. The number of primary amides is 1. The summed E-state index contributed by atoms with van der Waals surface area (Å²) in [5, 5.41) is 0. The van der Waals surface area contributed by atoms with Gasteiger partial charge in [0.25, 0.3) is 5.91 Å². The molecule has 0 saturated heterocycles. The summed E-state index contributed by atoms with van der Waals surface area (Å²) in [6.07, 6.45) is 0. The number of carbonyl (C=O) groups excluding carboxylic acids is 2. The molecule has 0 aliphatic rings. The first-order valence-electron chi connectivity index (χ1n) is 9.00. The average molecular weight is 405 g/mol. The first-order valence-corrected chi connectivity index (χ1v) is 9.00. The Morgan fingerprint density at radius 2 is 1.70 bits per heavy atom. The van der Waals surface area contributed by atoms with Gasteiger partial charge in [-0.25, -0.2) is 23.7 Å². The molecule has 0 radical (unpaired) electrons. The predicted octanol–water partition coefficient (Wildman–Crippen LogP) is 2.01. The molecule has 8 nitrogen and oxygen atoms in total. The molecule has 150 valence electrons. The van der Waals surface area contributed by atoms with E-state index >= 15 is 0 Å². The first kappa shape index (κ1) is 19.2. The van der Waals surface area contributed by atoms with Gasteiger partial charge in [0, 0.05) is 5.56 Å². The molecule has 0 atom stereocenters. The summed E-state index contributed by atoms with van der Waals surface area (Å²) in [6, 6.07) is 13.6. The summed E-state index contributed by atoms with van der Waals surface area (Å²) in [4.78, 5) is 46.5. The van der Waals surface area contributed by atoms with Gasteiger partial charge in [0.1, 0.15) is 17.2 Å². The second kappa shape index (κ2) is 7.36. The van der Waals surface area contributed by atoms with Crippen molar-refractivity contribution in [2.24, 2.45) is 5.73 Å². The van der Waals surface area contributed by atoms with E-state index in [1.165, 1.54) is 28.8 Å².